The lowest BCUT2D eigenvalue weighted by molar-refractivity contribution is 0.318. The van der Waals surface area contributed by atoms with E-state index in [2.05, 4.69) is 39.4 Å². The molecule has 1 aliphatic rings. The maximum atomic E-state index is 5.52. The summed E-state index contributed by atoms with van der Waals surface area (Å²) in [6.45, 7) is 7.45. The summed E-state index contributed by atoms with van der Waals surface area (Å²) in [4.78, 5) is 6.56. The minimum atomic E-state index is 0.520. The monoisotopic (exact) mass is 237 g/mol. The third-order valence-corrected chi connectivity index (χ3v) is 2.67. The molecule has 2 heterocycles. The summed E-state index contributed by atoms with van der Waals surface area (Å²) in [5.41, 5.74) is 2.67. The van der Waals surface area contributed by atoms with Crippen molar-refractivity contribution in [3.05, 3.63) is 12.2 Å². The standard InChI is InChI=1S/C10H19N7/c1-8(2)5-12-10(14-11)16-3-4-17-7-13-15-9(17)6-16/h7-8H,3-6,11H2,1-2H3,(H,12,14). The molecular formula is C10H19N7. The number of aliphatic imine (C=N–C) groups is 1. The lowest BCUT2D eigenvalue weighted by atomic mass is 10.2. The minimum Gasteiger partial charge on any atom is -0.333 e. The molecule has 0 atom stereocenters. The molecule has 0 fully saturated rings. The Hall–Kier alpha value is -1.63. The average molecular weight is 237 g/mol. The van der Waals surface area contributed by atoms with E-state index in [1.54, 1.807) is 6.33 Å². The van der Waals surface area contributed by atoms with Crippen molar-refractivity contribution in [2.45, 2.75) is 26.9 Å². The van der Waals surface area contributed by atoms with Crippen molar-refractivity contribution in [3.8, 4) is 0 Å². The van der Waals surface area contributed by atoms with Crippen LogP contribution in [0.4, 0.5) is 0 Å². The molecule has 0 amide bonds. The molecule has 1 aromatic rings. The van der Waals surface area contributed by atoms with E-state index in [1.807, 2.05) is 4.57 Å². The molecule has 0 radical (unpaired) electrons. The molecule has 1 aromatic heterocycles. The van der Waals surface area contributed by atoms with Gasteiger partial charge in [0.2, 0.25) is 5.96 Å². The summed E-state index contributed by atoms with van der Waals surface area (Å²) < 4.78 is 2.05. The Morgan fingerprint density at radius 3 is 3.12 bits per heavy atom. The van der Waals surface area contributed by atoms with Crippen LogP contribution in [0.2, 0.25) is 0 Å². The van der Waals surface area contributed by atoms with E-state index in [0.29, 0.717) is 12.5 Å². The third-order valence-electron chi connectivity index (χ3n) is 2.67. The van der Waals surface area contributed by atoms with Gasteiger partial charge in [-0.05, 0) is 5.92 Å². The van der Waals surface area contributed by atoms with Crippen molar-refractivity contribution in [3.63, 3.8) is 0 Å². The minimum absolute atomic E-state index is 0.520. The van der Waals surface area contributed by atoms with Crippen LogP contribution in [0.5, 0.6) is 0 Å². The van der Waals surface area contributed by atoms with Crippen LogP contribution < -0.4 is 11.3 Å². The van der Waals surface area contributed by atoms with Crippen LogP contribution in [-0.2, 0) is 13.1 Å². The first kappa shape index (κ1) is 11.8. The molecule has 1 aliphatic heterocycles. The number of nitrogens with zero attached hydrogens (tertiary/aromatic N) is 5. The summed E-state index contributed by atoms with van der Waals surface area (Å²) in [5.74, 6) is 7.72. The van der Waals surface area contributed by atoms with Crippen molar-refractivity contribution < 1.29 is 0 Å². The summed E-state index contributed by atoms with van der Waals surface area (Å²) >= 11 is 0. The first-order valence-electron chi connectivity index (χ1n) is 5.83. The van der Waals surface area contributed by atoms with Crippen molar-refractivity contribution in [2.75, 3.05) is 13.1 Å². The van der Waals surface area contributed by atoms with Crippen LogP contribution in [0.25, 0.3) is 0 Å². The highest BCUT2D eigenvalue weighted by atomic mass is 15.4. The highest BCUT2D eigenvalue weighted by Gasteiger charge is 2.19. The van der Waals surface area contributed by atoms with Gasteiger partial charge in [-0.1, -0.05) is 13.8 Å². The number of hydrogen-bond acceptors (Lipinski definition) is 4. The summed E-state index contributed by atoms with van der Waals surface area (Å²) in [6, 6.07) is 0. The van der Waals surface area contributed by atoms with Crippen LogP contribution >= 0.6 is 0 Å². The molecule has 17 heavy (non-hydrogen) atoms. The zero-order valence-corrected chi connectivity index (χ0v) is 10.3. The Kier molecular flexibility index (Phi) is 3.58. The maximum Gasteiger partial charge on any atom is 0.208 e. The Bertz CT molecular complexity index is 395. The van der Waals surface area contributed by atoms with E-state index in [9.17, 15) is 0 Å². The third kappa shape index (κ3) is 2.73. The first-order valence-corrected chi connectivity index (χ1v) is 5.83. The number of aromatic nitrogens is 3. The second-order valence-electron chi connectivity index (χ2n) is 4.56. The molecule has 2 rings (SSSR count). The van der Waals surface area contributed by atoms with Crippen LogP contribution in [0.1, 0.15) is 19.7 Å². The quantitative estimate of drug-likeness (QED) is 0.315. The fraction of sp³-hybridized carbons (Fsp3) is 0.700. The van der Waals surface area contributed by atoms with Crippen LogP contribution in [0.3, 0.4) is 0 Å². The average Bonchev–Trinajstić information content (AvgIpc) is 2.76. The normalized spacial score (nSPS) is 16.2. The summed E-state index contributed by atoms with van der Waals surface area (Å²) in [6.07, 6.45) is 1.76. The topological polar surface area (TPSA) is 84.4 Å². The molecule has 0 bridgehead atoms. The predicted molar refractivity (Wildman–Crippen MR) is 64.9 cm³/mol. The highest BCUT2D eigenvalue weighted by molar-refractivity contribution is 5.79. The fourth-order valence-electron chi connectivity index (χ4n) is 1.75. The lowest BCUT2D eigenvalue weighted by Gasteiger charge is -2.29. The fourth-order valence-corrected chi connectivity index (χ4v) is 1.75. The van der Waals surface area contributed by atoms with E-state index < -0.39 is 0 Å². The number of nitrogens with two attached hydrogens (primary N) is 1. The highest BCUT2D eigenvalue weighted by Crippen LogP contribution is 2.09. The molecule has 0 aliphatic carbocycles. The maximum absolute atomic E-state index is 5.52. The Morgan fingerprint density at radius 2 is 2.41 bits per heavy atom. The van der Waals surface area contributed by atoms with E-state index >= 15 is 0 Å². The van der Waals surface area contributed by atoms with Crippen molar-refractivity contribution >= 4 is 5.96 Å². The molecule has 94 valence electrons. The molecule has 0 unspecified atom stereocenters. The number of hydrogen-bond donors (Lipinski definition) is 2. The molecule has 0 saturated carbocycles. The summed E-state index contributed by atoms with van der Waals surface area (Å²) in [7, 11) is 0. The van der Waals surface area contributed by atoms with E-state index in [4.69, 9.17) is 5.84 Å². The number of hydrazine groups is 1. The number of guanidine groups is 1. The van der Waals surface area contributed by atoms with Gasteiger partial charge in [-0.2, -0.15) is 0 Å². The molecule has 0 saturated heterocycles. The van der Waals surface area contributed by atoms with Crippen LogP contribution in [-0.4, -0.2) is 38.7 Å². The van der Waals surface area contributed by atoms with E-state index in [1.165, 1.54) is 0 Å². The molecule has 7 nitrogen and oxygen atoms in total. The van der Waals surface area contributed by atoms with Gasteiger partial charge >= 0.3 is 0 Å². The number of nitrogens with one attached hydrogen (secondary N) is 1. The van der Waals surface area contributed by atoms with E-state index in [0.717, 1.165) is 31.4 Å². The van der Waals surface area contributed by atoms with Gasteiger partial charge in [0, 0.05) is 19.6 Å². The predicted octanol–water partition coefficient (Wildman–Crippen LogP) is -0.431. The Balaban J connectivity index is 2.05. The van der Waals surface area contributed by atoms with Gasteiger partial charge in [0.25, 0.3) is 0 Å². The number of rotatable bonds is 2. The molecule has 0 aromatic carbocycles. The van der Waals surface area contributed by atoms with Gasteiger partial charge in [-0.3, -0.25) is 10.4 Å². The summed E-state index contributed by atoms with van der Waals surface area (Å²) in [5, 5.41) is 7.96. The Morgan fingerprint density at radius 1 is 1.59 bits per heavy atom. The largest absolute Gasteiger partial charge is 0.333 e. The SMILES string of the molecule is CC(C)CN=C(NN)N1CCn2cnnc2C1. The molecule has 7 heteroatoms. The van der Waals surface area contributed by atoms with Crippen molar-refractivity contribution in [1.29, 1.82) is 0 Å². The van der Waals surface area contributed by atoms with Crippen LogP contribution in [0, 0.1) is 5.92 Å². The van der Waals surface area contributed by atoms with Gasteiger partial charge in [0.1, 0.15) is 6.33 Å². The Labute approximate surface area is 101 Å². The van der Waals surface area contributed by atoms with Gasteiger partial charge in [-0.15, -0.1) is 10.2 Å². The van der Waals surface area contributed by atoms with Gasteiger partial charge in [0.15, 0.2) is 5.82 Å². The smallest absolute Gasteiger partial charge is 0.208 e. The zero-order chi connectivity index (χ0) is 12.3. The van der Waals surface area contributed by atoms with Gasteiger partial charge in [-0.25, -0.2) is 5.84 Å². The molecule has 0 spiro atoms. The molecular weight excluding hydrogens is 218 g/mol. The number of fused-ring (bicyclic) bond motifs is 1. The lowest BCUT2D eigenvalue weighted by Crippen LogP contribution is -2.48. The van der Waals surface area contributed by atoms with Gasteiger partial charge < -0.3 is 9.47 Å². The van der Waals surface area contributed by atoms with Gasteiger partial charge in [0.05, 0.1) is 6.54 Å². The second-order valence-corrected chi connectivity index (χ2v) is 4.56. The van der Waals surface area contributed by atoms with Crippen LogP contribution in [0.15, 0.2) is 11.3 Å². The molecule has 3 N–H and O–H groups in total. The van der Waals surface area contributed by atoms with Crippen molar-refractivity contribution in [1.82, 2.24) is 25.1 Å². The second kappa shape index (κ2) is 5.13. The zero-order valence-electron chi connectivity index (χ0n) is 10.3. The van der Waals surface area contributed by atoms with Crippen molar-refractivity contribution in [2.24, 2.45) is 16.8 Å². The van der Waals surface area contributed by atoms with E-state index in [-0.39, 0.29) is 0 Å². The first-order chi connectivity index (χ1) is 8.20.